The highest BCUT2D eigenvalue weighted by Crippen LogP contribution is 2.34. The second kappa shape index (κ2) is 12.4. The Hall–Kier alpha value is -1.34. The molecule has 0 aromatic heterocycles. The van der Waals surface area contributed by atoms with Crippen LogP contribution in [0.25, 0.3) is 0 Å². The Morgan fingerprint density at radius 3 is 2.59 bits per heavy atom. The zero-order valence-electron chi connectivity index (χ0n) is 17.2. The van der Waals surface area contributed by atoms with Gasteiger partial charge in [0.05, 0.1) is 12.1 Å². The predicted molar refractivity (Wildman–Crippen MR) is 121 cm³/mol. The molecule has 0 heterocycles. The van der Waals surface area contributed by atoms with E-state index in [0.717, 1.165) is 42.6 Å². The molecular weight excluding hydrogens is 459 g/mol. The summed E-state index contributed by atoms with van der Waals surface area (Å²) in [6, 6.07) is 8.36. The van der Waals surface area contributed by atoms with Crippen LogP contribution < -0.4 is 14.8 Å². The maximum Gasteiger partial charge on any atom is 0.162 e. The first kappa shape index (κ1) is 23.9. The standard InChI is InChI=1S/C22H29BrClFN2O2/c1-4-27(5-2)11-7-10-26-14-16-12-21(28-3)22(13-18(16)23)29-15-17-19(24)8-6-9-20(17)25/h6,8-9,12-13,26H,4-5,7,10-11,14-15H2,1-3H3. The van der Waals surface area contributed by atoms with Gasteiger partial charge in [0, 0.05) is 16.6 Å². The maximum atomic E-state index is 14.0. The molecule has 0 aliphatic heterocycles. The van der Waals surface area contributed by atoms with Crippen LogP contribution in [0.15, 0.2) is 34.8 Å². The van der Waals surface area contributed by atoms with E-state index >= 15 is 0 Å². The van der Waals surface area contributed by atoms with E-state index in [9.17, 15) is 4.39 Å². The molecule has 0 bridgehead atoms. The van der Waals surface area contributed by atoms with Crippen LogP contribution in [-0.4, -0.2) is 38.2 Å². The van der Waals surface area contributed by atoms with Gasteiger partial charge in [-0.2, -0.15) is 0 Å². The minimum absolute atomic E-state index is 0.0251. The Kier molecular flexibility index (Phi) is 10.2. The summed E-state index contributed by atoms with van der Waals surface area (Å²) in [6.45, 7) is 9.31. The minimum Gasteiger partial charge on any atom is -0.493 e. The molecule has 160 valence electrons. The SMILES string of the molecule is CCN(CC)CCCNCc1cc(OC)c(OCc2c(F)cccc2Cl)cc1Br. The summed E-state index contributed by atoms with van der Waals surface area (Å²) in [7, 11) is 1.59. The van der Waals surface area contributed by atoms with E-state index < -0.39 is 0 Å². The molecule has 0 radical (unpaired) electrons. The molecule has 0 spiro atoms. The smallest absolute Gasteiger partial charge is 0.162 e. The highest BCUT2D eigenvalue weighted by molar-refractivity contribution is 9.10. The van der Waals surface area contributed by atoms with Crippen LogP contribution in [0, 0.1) is 5.82 Å². The molecule has 0 atom stereocenters. The lowest BCUT2D eigenvalue weighted by atomic mass is 10.2. The number of rotatable bonds is 12. The second-order valence-electron chi connectivity index (χ2n) is 6.64. The van der Waals surface area contributed by atoms with Crippen LogP contribution in [0.2, 0.25) is 5.02 Å². The van der Waals surface area contributed by atoms with Crippen molar-refractivity contribution < 1.29 is 13.9 Å². The van der Waals surface area contributed by atoms with E-state index in [2.05, 4.69) is 40.0 Å². The third-order valence-corrected chi connectivity index (χ3v) is 5.90. The summed E-state index contributed by atoms with van der Waals surface area (Å²) in [5, 5.41) is 3.81. The van der Waals surface area contributed by atoms with E-state index in [1.54, 1.807) is 19.2 Å². The molecule has 0 aliphatic carbocycles. The van der Waals surface area contributed by atoms with Gasteiger partial charge in [0.25, 0.3) is 0 Å². The third-order valence-electron chi connectivity index (χ3n) is 4.80. The van der Waals surface area contributed by atoms with Crippen molar-refractivity contribution in [2.75, 3.05) is 33.3 Å². The Balaban J connectivity index is 1.96. The van der Waals surface area contributed by atoms with Crippen LogP contribution in [0.5, 0.6) is 11.5 Å². The number of nitrogens with zero attached hydrogens (tertiary/aromatic N) is 1. The van der Waals surface area contributed by atoms with Crippen molar-refractivity contribution in [2.45, 2.75) is 33.4 Å². The summed E-state index contributed by atoms with van der Waals surface area (Å²) in [4.78, 5) is 2.41. The van der Waals surface area contributed by atoms with Gasteiger partial charge in [0.1, 0.15) is 12.4 Å². The largest absolute Gasteiger partial charge is 0.493 e. The normalized spacial score (nSPS) is 11.1. The molecular formula is C22H29BrClFN2O2. The van der Waals surface area contributed by atoms with E-state index in [4.69, 9.17) is 21.1 Å². The first-order valence-corrected chi connectivity index (χ1v) is 11.0. The number of nitrogens with one attached hydrogen (secondary N) is 1. The summed E-state index contributed by atoms with van der Waals surface area (Å²) >= 11 is 9.67. The van der Waals surface area contributed by atoms with Crippen molar-refractivity contribution in [3.8, 4) is 11.5 Å². The van der Waals surface area contributed by atoms with Crippen molar-refractivity contribution in [3.05, 3.63) is 56.8 Å². The topological polar surface area (TPSA) is 33.7 Å². The fourth-order valence-corrected chi connectivity index (χ4v) is 3.68. The summed E-state index contributed by atoms with van der Waals surface area (Å²) < 4.78 is 26.1. The Bertz CT molecular complexity index is 767. The van der Waals surface area contributed by atoms with Crippen LogP contribution >= 0.6 is 27.5 Å². The quantitative estimate of drug-likeness (QED) is 0.392. The molecule has 7 heteroatoms. The first-order valence-electron chi connectivity index (χ1n) is 9.85. The number of benzene rings is 2. The molecule has 0 unspecified atom stereocenters. The second-order valence-corrected chi connectivity index (χ2v) is 7.90. The summed E-state index contributed by atoms with van der Waals surface area (Å²) in [6.07, 6.45) is 1.10. The van der Waals surface area contributed by atoms with Gasteiger partial charge in [-0.15, -0.1) is 0 Å². The van der Waals surface area contributed by atoms with Gasteiger partial charge in [-0.05, 0) is 62.4 Å². The van der Waals surface area contributed by atoms with Crippen molar-refractivity contribution in [1.29, 1.82) is 0 Å². The van der Waals surface area contributed by atoms with Gasteiger partial charge in [-0.3, -0.25) is 0 Å². The molecule has 0 fully saturated rings. The molecule has 2 aromatic rings. The number of hydrogen-bond donors (Lipinski definition) is 1. The Morgan fingerprint density at radius 1 is 1.17 bits per heavy atom. The molecule has 0 amide bonds. The van der Waals surface area contributed by atoms with Crippen LogP contribution in [0.4, 0.5) is 4.39 Å². The van der Waals surface area contributed by atoms with E-state index in [-0.39, 0.29) is 12.4 Å². The molecule has 0 saturated carbocycles. The predicted octanol–water partition coefficient (Wildman–Crippen LogP) is 5.65. The molecule has 1 N–H and O–H groups in total. The molecule has 2 aromatic carbocycles. The maximum absolute atomic E-state index is 14.0. The van der Waals surface area contributed by atoms with Crippen LogP contribution in [0.1, 0.15) is 31.4 Å². The number of halogens is 3. The minimum atomic E-state index is -0.388. The number of ether oxygens (including phenoxy) is 2. The molecule has 29 heavy (non-hydrogen) atoms. The van der Waals surface area contributed by atoms with E-state index in [0.29, 0.717) is 28.6 Å². The molecule has 2 rings (SSSR count). The zero-order valence-corrected chi connectivity index (χ0v) is 19.6. The molecule has 0 saturated heterocycles. The lowest BCUT2D eigenvalue weighted by Crippen LogP contribution is -2.27. The van der Waals surface area contributed by atoms with Gasteiger partial charge in [0.15, 0.2) is 11.5 Å². The summed E-state index contributed by atoms with van der Waals surface area (Å²) in [5.41, 5.74) is 1.40. The average molecular weight is 488 g/mol. The van der Waals surface area contributed by atoms with Crippen molar-refractivity contribution in [3.63, 3.8) is 0 Å². The van der Waals surface area contributed by atoms with Crippen LogP contribution in [0.3, 0.4) is 0 Å². The Morgan fingerprint density at radius 2 is 1.93 bits per heavy atom. The van der Waals surface area contributed by atoms with Gasteiger partial charge in [-0.1, -0.05) is 47.4 Å². The van der Waals surface area contributed by atoms with Gasteiger partial charge >= 0.3 is 0 Å². The Labute approximate surface area is 186 Å². The number of methoxy groups -OCH3 is 1. The molecule has 0 aliphatic rings. The van der Waals surface area contributed by atoms with E-state index in [1.165, 1.54) is 6.07 Å². The monoisotopic (exact) mass is 486 g/mol. The van der Waals surface area contributed by atoms with Crippen molar-refractivity contribution >= 4 is 27.5 Å². The lowest BCUT2D eigenvalue weighted by Gasteiger charge is -2.18. The van der Waals surface area contributed by atoms with Crippen molar-refractivity contribution in [2.24, 2.45) is 0 Å². The third kappa shape index (κ3) is 7.14. The highest BCUT2D eigenvalue weighted by atomic mass is 79.9. The van der Waals surface area contributed by atoms with Crippen molar-refractivity contribution in [1.82, 2.24) is 10.2 Å². The highest BCUT2D eigenvalue weighted by Gasteiger charge is 2.13. The van der Waals surface area contributed by atoms with E-state index in [1.807, 2.05) is 12.1 Å². The first-order chi connectivity index (χ1) is 14.0. The number of hydrogen-bond acceptors (Lipinski definition) is 4. The van der Waals surface area contributed by atoms with Gasteiger partial charge in [-0.25, -0.2) is 4.39 Å². The lowest BCUT2D eigenvalue weighted by molar-refractivity contribution is 0.279. The van der Waals surface area contributed by atoms with Gasteiger partial charge in [0.2, 0.25) is 0 Å². The fraction of sp³-hybridized carbons (Fsp3) is 0.455. The van der Waals surface area contributed by atoms with Gasteiger partial charge < -0.3 is 19.7 Å². The fourth-order valence-electron chi connectivity index (χ4n) is 3.00. The zero-order chi connectivity index (χ0) is 21.2. The molecule has 4 nitrogen and oxygen atoms in total. The summed E-state index contributed by atoms with van der Waals surface area (Å²) in [5.74, 6) is 0.741. The average Bonchev–Trinajstić information content (AvgIpc) is 2.71. The van der Waals surface area contributed by atoms with Crippen LogP contribution in [-0.2, 0) is 13.2 Å².